The monoisotopic (exact) mass is 748 g/mol. The third-order valence-electron chi connectivity index (χ3n) is 9.18. The van der Waals surface area contributed by atoms with Crippen LogP contribution in [0.3, 0.4) is 0 Å². The first-order chi connectivity index (χ1) is 25.1. The number of halogens is 4. The number of benzene rings is 2. The van der Waals surface area contributed by atoms with Crippen molar-refractivity contribution in [3.63, 3.8) is 0 Å². The van der Waals surface area contributed by atoms with Crippen LogP contribution < -0.4 is 5.32 Å². The van der Waals surface area contributed by atoms with Crippen LogP contribution in [0.1, 0.15) is 79.2 Å². The predicted octanol–water partition coefficient (Wildman–Crippen LogP) is 8.51. The van der Waals surface area contributed by atoms with E-state index in [1.165, 1.54) is 30.6 Å². The molecule has 0 spiro atoms. The van der Waals surface area contributed by atoms with Crippen molar-refractivity contribution >= 4 is 40.3 Å². The Labute approximate surface area is 310 Å². The van der Waals surface area contributed by atoms with E-state index >= 15 is 4.39 Å². The number of aromatic nitrogens is 4. The summed E-state index contributed by atoms with van der Waals surface area (Å²) in [7, 11) is 0. The zero-order valence-electron chi connectivity index (χ0n) is 30.0. The number of morpholine rings is 1. The number of nitrogens with zero attached hydrogens (tertiary/aromatic N) is 4. The summed E-state index contributed by atoms with van der Waals surface area (Å²) in [6, 6.07) is 8.76. The maximum atomic E-state index is 15.4. The van der Waals surface area contributed by atoms with Gasteiger partial charge in [0.25, 0.3) is 0 Å². The molecule has 4 heterocycles. The molecule has 10 nitrogen and oxygen atoms in total. The van der Waals surface area contributed by atoms with E-state index in [4.69, 9.17) is 26.1 Å². The van der Waals surface area contributed by atoms with E-state index in [0.29, 0.717) is 17.0 Å². The molecular formula is C39H40ClF3N6O4. The molecule has 0 saturated carbocycles. The summed E-state index contributed by atoms with van der Waals surface area (Å²) in [6.45, 7) is 9.66. The Bertz CT molecular complexity index is 2120. The molecule has 1 saturated heterocycles. The van der Waals surface area contributed by atoms with E-state index in [2.05, 4.69) is 20.3 Å². The van der Waals surface area contributed by atoms with Crippen LogP contribution >= 0.6 is 11.6 Å². The number of imidazole rings is 1. The van der Waals surface area contributed by atoms with Gasteiger partial charge in [-0.3, -0.25) is 19.7 Å². The van der Waals surface area contributed by atoms with Crippen LogP contribution in [0.2, 0.25) is 5.02 Å². The number of carbonyl (C=O) groups excluding carboxylic acids is 2. The first kappa shape index (κ1) is 37.7. The summed E-state index contributed by atoms with van der Waals surface area (Å²) >= 11 is 5.89. The van der Waals surface area contributed by atoms with Gasteiger partial charge in [-0.1, -0.05) is 17.7 Å². The molecule has 2 N–H and O–H groups in total. The first-order valence-corrected chi connectivity index (χ1v) is 17.6. The van der Waals surface area contributed by atoms with E-state index < -0.39 is 53.1 Å². The quantitative estimate of drug-likeness (QED) is 0.155. The smallest absolute Gasteiger partial charge is 0.411 e. The van der Waals surface area contributed by atoms with Gasteiger partial charge in [-0.25, -0.2) is 22.9 Å². The summed E-state index contributed by atoms with van der Waals surface area (Å²) in [5.74, 6) is -2.74. The zero-order valence-corrected chi connectivity index (χ0v) is 30.7. The molecule has 6 rings (SSSR count). The van der Waals surface area contributed by atoms with Crippen molar-refractivity contribution < 1.29 is 32.2 Å². The molecule has 14 heteroatoms. The number of hydrogen-bond donors (Lipinski definition) is 2. The van der Waals surface area contributed by atoms with Crippen LogP contribution in [0.15, 0.2) is 61.2 Å². The van der Waals surface area contributed by atoms with Crippen molar-refractivity contribution in [1.82, 2.24) is 24.8 Å². The second kappa shape index (κ2) is 15.5. The Morgan fingerprint density at radius 1 is 1.02 bits per heavy atom. The lowest BCUT2D eigenvalue weighted by Crippen LogP contribution is -2.49. The number of ether oxygens (including phenoxy) is 2. The van der Waals surface area contributed by atoms with Crippen molar-refractivity contribution in [2.45, 2.75) is 77.5 Å². The molecule has 278 valence electrons. The SMILES string of the molecule is Cc1cc2nc([C@@H]3CO[C@H](CCc4c(F)cncc4NC(=O)C[C@H](c4cncc(F)c4)c4ccc(Cl)c(F)c4)CN3C(=O)OC(C)(C)C)[nH]c2cc1C. The predicted molar refractivity (Wildman–Crippen MR) is 194 cm³/mol. The number of nitrogens with one attached hydrogen (secondary N) is 2. The topological polar surface area (TPSA) is 122 Å². The standard InChI is InChI=1S/C39H40ClF3N6O4/c1-21-10-32-33(11-22(21)2)48-37(47-32)35-20-52-26(19-49(35)38(51)53-39(3,4)5)7-8-27-31(43)17-45-18-34(27)46-36(50)14-28(24-12-25(41)16-44-15-24)23-6-9-29(40)30(42)13-23/h6,9-13,15-18,26,28,35H,7-8,14,19-20H2,1-5H3,(H,46,50)(H,47,48)/t26-,28+,35+/m1/s1. The van der Waals surface area contributed by atoms with Crippen molar-refractivity contribution in [2.24, 2.45) is 0 Å². The summed E-state index contributed by atoms with van der Waals surface area (Å²) in [6.07, 6.45) is 3.95. The van der Waals surface area contributed by atoms with Gasteiger partial charge in [-0.15, -0.1) is 0 Å². The second-order valence-electron chi connectivity index (χ2n) is 14.3. The van der Waals surface area contributed by atoms with E-state index in [0.717, 1.165) is 34.6 Å². The third-order valence-corrected chi connectivity index (χ3v) is 9.49. The lowest BCUT2D eigenvalue weighted by atomic mass is 9.89. The molecule has 0 radical (unpaired) electrons. The van der Waals surface area contributed by atoms with Gasteiger partial charge >= 0.3 is 6.09 Å². The molecule has 2 aromatic carbocycles. The van der Waals surface area contributed by atoms with Gasteiger partial charge in [0, 0.05) is 24.1 Å². The van der Waals surface area contributed by atoms with Gasteiger partial charge < -0.3 is 19.8 Å². The van der Waals surface area contributed by atoms with Crippen molar-refractivity contribution in [3.8, 4) is 0 Å². The number of aromatic amines is 1. The highest BCUT2D eigenvalue weighted by molar-refractivity contribution is 6.30. The molecular weight excluding hydrogens is 709 g/mol. The number of aryl methyl sites for hydroxylation is 2. The molecule has 5 aromatic rings. The van der Waals surface area contributed by atoms with Gasteiger partial charge in [0.2, 0.25) is 5.91 Å². The van der Waals surface area contributed by atoms with Crippen LogP contribution in [0, 0.1) is 31.3 Å². The van der Waals surface area contributed by atoms with Gasteiger partial charge in [0.15, 0.2) is 0 Å². The lowest BCUT2D eigenvalue weighted by Gasteiger charge is -2.39. The normalized spacial score (nSPS) is 16.8. The molecule has 2 amide bonds. The number of fused-ring (bicyclic) bond motifs is 1. The minimum absolute atomic E-state index is 0.101. The molecule has 0 unspecified atom stereocenters. The third kappa shape index (κ3) is 8.97. The van der Waals surface area contributed by atoms with Gasteiger partial charge in [-0.2, -0.15) is 0 Å². The van der Waals surface area contributed by atoms with Crippen LogP contribution in [-0.4, -0.2) is 61.7 Å². The van der Waals surface area contributed by atoms with E-state index in [9.17, 15) is 18.4 Å². The number of rotatable bonds is 9. The van der Waals surface area contributed by atoms with Gasteiger partial charge in [-0.05, 0) is 100 Å². The highest BCUT2D eigenvalue weighted by Crippen LogP contribution is 2.33. The molecule has 3 aromatic heterocycles. The number of hydrogen-bond acceptors (Lipinski definition) is 7. The van der Waals surface area contributed by atoms with Crippen molar-refractivity contribution in [3.05, 3.63) is 117 Å². The molecule has 1 aliphatic rings. The zero-order chi connectivity index (χ0) is 38.0. The summed E-state index contributed by atoms with van der Waals surface area (Å²) < 4.78 is 56.0. The Balaban J connectivity index is 1.19. The van der Waals surface area contributed by atoms with E-state index in [-0.39, 0.29) is 48.7 Å². The van der Waals surface area contributed by atoms with Crippen molar-refractivity contribution in [1.29, 1.82) is 0 Å². The number of amides is 2. The minimum atomic E-state index is -0.794. The first-order valence-electron chi connectivity index (χ1n) is 17.2. The maximum absolute atomic E-state index is 15.4. The summed E-state index contributed by atoms with van der Waals surface area (Å²) in [4.78, 5) is 44.6. The fourth-order valence-electron chi connectivity index (χ4n) is 6.38. The number of H-pyrrole nitrogens is 1. The molecule has 3 atom stereocenters. The Hall–Kier alpha value is -5.01. The average molecular weight is 749 g/mol. The van der Waals surface area contributed by atoms with Crippen LogP contribution in [0.4, 0.5) is 23.7 Å². The van der Waals surface area contributed by atoms with E-state index in [1.807, 2.05) is 26.0 Å². The minimum Gasteiger partial charge on any atom is -0.444 e. The summed E-state index contributed by atoms with van der Waals surface area (Å²) in [5.41, 5.74) is 4.11. The van der Waals surface area contributed by atoms with Crippen LogP contribution in [0.5, 0.6) is 0 Å². The largest absolute Gasteiger partial charge is 0.444 e. The Morgan fingerprint density at radius 3 is 2.51 bits per heavy atom. The molecule has 53 heavy (non-hydrogen) atoms. The molecule has 0 aliphatic carbocycles. The van der Waals surface area contributed by atoms with E-state index in [1.54, 1.807) is 31.7 Å². The number of carbonyl (C=O) groups is 2. The lowest BCUT2D eigenvalue weighted by molar-refractivity contribution is -0.116. The molecule has 1 aliphatic heterocycles. The Kier molecular flexibility index (Phi) is 11.1. The second-order valence-corrected chi connectivity index (χ2v) is 14.7. The van der Waals surface area contributed by atoms with Crippen LogP contribution in [0.25, 0.3) is 11.0 Å². The van der Waals surface area contributed by atoms with Gasteiger partial charge in [0.05, 0.1) is 59.6 Å². The van der Waals surface area contributed by atoms with Gasteiger partial charge in [0.1, 0.15) is 34.9 Å². The number of pyridine rings is 2. The average Bonchev–Trinajstić information content (AvgIpc) is 3.49. The highest BCUT2D eigenvalue weighted by atomic mass is 35.5. The molecule has 0 bridgehead atoms. The number of anilines is 1. The maximum Gasteiger partial charge on any atom is 0.411 e. The summed E-state index contributed by atoms with van der Waals surface area (Å²) in [5, 5.41) is 2.64. The molecule has 1 fully saturated rings. The van der Waals surface area contributed by atoms with Crippen molar-refractivity contribution in [2.75, 3.05) is 18.5 Å². The highest BCUT2D eigenvalue weighted by Gasteiger charge is 2.38. The fraction of sp³-hybridized carbons (Fsp3) is 0.359. The fourth-order valence-corrected chi connectivity index (χ4v) is 6.50. The Morgan fingerprint density at radius 2 is 1.77 bits per heavy atom. The van der Waals surface area contributed by atoms with Crippen LogP contribution in [-0.2, 0) is 20.7 Å².